The normalized spacial score (nSPS) is 15.0. The number of alkyl halides is 18. The lowest BCUT2D eigenvalue weighted by Gasteiger charge is -2.33. The Kier molecular flexibility index (Phi) is 8.27. The van der Waals surface area contributed by atoms with Gasteiger partial charge in [-0.15, -0.1) is 0 Å². The highest BCUT2D eigenvalue weighted by molar-refractivity contribution is 6.50. The van der Waals surface area contributed by atoms with Gasteiger partial charge in [-0.3, -0.25) is 0 Å². The number of hydrogen-bond donors (Lipinski definition) is 0. The van der Waals surface area contributed by atoms with E-state index in [0.29, 0.717) is 0 Å². The number of aromatic nitrogens is 4. The molecule has 0 saturated carbocycles. The maximum absolute atomic E-state index is 15.1. The monoisotopic (exact) mass is 902 g/mol. The average molecular weight is 904 g/mol. The number of halogens is 22. The van der Waals surface area contributed by atoms with E-state index in [0.717, 1.165) is 24.3 Å². The second-order valence-corrected chi connectivity index (χ2v) is 13.7. The van der Waals surface area contributed by atoms with Crippen molar-refractivity contribution in [1.29, 1.82) is 0 Å². The summed E-state index contributed by atoms with van der Waals surface area (Å²) in [5, 5.41) is -5.17. The molecule has 0 aliphatic carbocycles. The SMILES string of the molecule is FC(F)(F)C(F)(F)C(F)(F)C(F)(F)c1nc2c(Cl)cc3c4cc(Cl)c5nc(C(F)(F)C(F)(F)C(F)(F)C(F)(F)F)nc6c(Cl)cc(c7cc(Cl)c(n1)c2c37)c4c56. The Balaban J connectivity index is 1.56. The van der Waals surface area contributed by atoms with Crippen LogP contribution in [0.3, 0.4) is 0 Å². The lowest BCUT2D eigenvalue weighted by Crippen LogP contribution is -2.60. The molecule has 2 heterocycles. The van der Waals surface area contributed by atoms with Crippen LogP contribution in [0.25, 0.3) is 65.2 Å². The predicted molar refractivity (Wildman–Crippen MR) is 165 cm³/mol. The first-order chi connectivity index (χ1) is 25.3. The van der Waals surface area contributed by atoms with Crippen LogP contribution in [0.15, 0.2) is 24.3 Å². The summed E-state index contributed by atoms with van der Waals surface area (Å²) in [6.07, 6.45) is -14.4. The van der Waals surface area contributed by atoms with Crippen molar-refractivity contribution in [1.82, 2.24) is 19.9 Å². The quantitative estimate of drug-likeness (QED) is 0.0948. The smallest absolute Gasteiger partial charge is 0.225 e. The molecule has 0 aliphatic heterocycles. The third-order valence-electron chi connectivity index (χ3n) is 8.82. The molecule has 0 aliphatic rings. The lowest BCUT2D eigenvalue weighted by molar-refractivity contribution is -0.400. The van der Waals surface area contributed by atoms with Crippen LogP contribution in [0, 0.1) is 0 Å². The van der Waals surface area contributed by atoms with Gasteiger partial charge in [0.1, 0.15) is 0 Å². The third kappa shape index (κ3) is 4.86. The highest BCUT2D eigenvalue weighted by Crippen LogP contribution is 2.59. The van der Waals surface area contributed by atoms with Gasteiger partial charge in [0.25, 0.3) is 0 Å². The molecule has 0 bridgehead atoms. The highest BCUT2D eigenvalue weighted by Gasteiger charge is 2.84. The van der Waals surface area contributed by atoms with Gasteiger partial charge in [0.15, 0.2) is 0 Å². The molecule has 0 saturated heterocycles. The number of nitrogens with zero attached hydrogens (tertiary/aromatic N) is 4. The van der Waals surface area contributed by atoms with Gasteiger partial charge in [-0.2, -0.15) is 79.0 Å². The minimum atomic E-state index is -7.33. The van der Waals surface area contributed by atoms with Crippen molar-refractivity contribution >= 4 is 112 Å². The van der Waals surface area contributed by atoms with Gasteiger partial charge in [-0.1, -0.05) is 46.4 Å². The first-order valence-corrected chi connectivity index (χ1v) is 15.8. The van der Waals surface area contributed by atoms with Crippen LogP contribution >= 0.6 is 46.4 Å². The van der Waals surface area contributed by atoms with Gasteiger partial charge in [0, 0.05) is 21.5 Å². The van der Waals surface area contributed by atoms with E-state index in [4.69, 9.17) is 46.4 Å². The Bertz CT molecular complexity index is 2490. The molecule has 56 heavy (non-hydrogen) atoms. The largest absolute Gasteiger partial charge is 0.460 e. The zero-order chi connectivity index (χ0) is 42.0. The summed E-state index contributed by atoms with van der Waals surface area (Å²) in [5.41, 5.74) is -3.80. The fraction of sp³-hybridized carbons (Fsp3) is 0.267. The molecular formula is C30H4Cl4F18N4. The molecule has 4 nitrogen and oxygen atoms in total. The summed E-state index contributed by atoms with van der Waals surface area (Å²) in [5.74, 6) is -47.1. The summed E-state index contributed by atoms with van der Waals surface area (Å²) in [6, 6.07) is 3.45. The minimum Gasteiger partial charge on any atom is -0.225 e. The number of hydrogen-bond acceptors (Lipinski definition) is 4. The second-order valence-electron chi connectivity index (χ2n) is 12.1. The van der Waals surface area contributed by atoms with E-state index in [1.807, 2.05) is 0 Å². The zero-order valence-corrected chi connectivity index (χ0v) is 28.4. The molecule has 0 radical (unpaired) electrons. The number of rotatable bonds is 6. The van der Waals surface area contributed by atoms with Crippen molar-refractivity contribution in [2.24, 2.45) is 0 Å². The van der Waals surface area contributed by atoms with Gasteiger partial charge in [-0.05, 0) is 45.8 Å². The van der Waals surface area contributed by atoms with Crippen molar-refractivity contribution in [3.63, 3.8) is 0 Å². The highest BCUT2D eigenvalue weighted by atomic mass is 35.5. The molecule has 7 aromatic rings. The molecule has 0 spiro atoms. The maximum Gasteiger partial charge on any atom is 0.460 e. The van der Waals surface area contributed by atoms with Crippen LogP contribution in [-0.4, -0.2) is 56.0 Å². The molecule has 298 valence electrons. The minimum absolute atomic E-state index is 0.151. The van der Waals surface area contributed by atoms with E-state index in [2.05, 4.69) is 19.9 Å². The van der Waals surface area contributed by atoms with Crippen molar-refractivity contribution < 1.29 is 79.0 Å². The van der Waals surface area contributed by atoms with Crippen molar-refractivity contribution in [2.45, 2.75) is 47.9 Å². The van der Waals surface area contributed by atoms with Crippen molar-refractivity contribution in [3.05, 3.63) is 56.0 Å². The molecule has 26 heteroatoms. The van der Waals surface area contributed by atoms with Crippen LogP contribution in [0.2, 0.25) is 20.1 Å². The van der Waals surface area contributed by atoms with E-state index in [9.17, 15) is 61.5 Å². The standard InChI is InChI=1S/C30H4Cl4F18N4/c31-9-1-5-6-2-10(32)19-16-14(6)8(4-12(34)20(16)56-22(55-19)24(37,38)26(41,42)28(45,46)30(50,51)52)7-3-11(33)18-15(13(5)7)17(9)53-21(54-18)23(35,36)25(39,40)27(43,44)29(47,48)49/h1-4H. The third-order valence-corrected chi connectivity index (χ3v) is 9.97. The van der Waals surface area contributed by atoms with Crippen LogP contribution in [0.4, 0.5) is 79.0 Å². The average Bonchev–Trinajstić information content (AvgIpc) is 3.07. The summed E-state index contributed by atoms with van der Waals surface area (Å²) < 4.78 is 250. The molecule has 0 fully saturated rings. The fourth-order valence-corrected chi connectivity index (χ4v) is 7.13. The van der Waals surface area contributed by atoms with E-state index in [1.165, 1.54) is 0 Å². The Labute approximate surface area is 313 Å². The van der Waals surface area contributed by atoms with Crippen molar-refractivity contribution in [2.75, 3.05) is 0 Å². The van der Waals surface area contributed by atoms with Gasteiger partial charge < -0.3 is 0 Å². The Morgan fingerprint density at radius 2 is 0.536 bits per heavy atom. The second kappa shape index (κ2) is 11.5. The zero-order valence-electron chi connectivity index (χ0n) is 25.4. The van der Waals surface area contributed by atoms with Gasteiger partial charge in [0.05, 0.1) is 42.2 Å². The van der Waals surface area contributed by atoms with Crippen LogP contribution in [-0.2, 0) is 11.8 Å². The van der Waals surface area contributed by atoms with Crippen LogP contribution < -0.4 is 0 Å². The van der Waals surface area contributed by atoms with E-state index >= 15 is 17.6 Å². The van der Waals surface area contributed by atoms with Gasteiger partial charge in [0.2, 0.25) is 11.6 Å². The molecule has 0 amide bonds. The summed E-state index contributed by atoms with van der Waals surface area (Å²) >= 11 is 25.1. The molecule has 0 atom stereocenters. The predicted octanol–water partition coefficient (Wildman–Crippen LogP) is 13.5. The Morgan fingerprint density at radius 1 is 0.321 bits per heavy atom. The summed E-state index contributed by atoms with van der Waals surface area (Å²) in [4.78, 5) is 12.6. The molecule has 2 aromatic heterocycles. The van der Waals surface area contributed by atoms with Gasteiger partial charge >= 0.3 is 47.9 Å². The molecule has 7 rings (SSSR count). The van der Waals surface area contributed by atoms with Crippen LogP contribution in [0.5, 0.6) is 0 Å². The Morgan fingerprint density at radius 3 is 0.732 bits per heavy atom. The molecule has 0 unspecified atom stereocenters. The first-order valence-electron chi connectivity index (χ1n) is 14.3. The van der Waals surface area contributed by atoms with E-state index < -0.39 is 112 Å². The Hall–Kier alpha value is -3.76. The summed E-state index contributed by atoms with van der Waals surface area (Å²) in [7, 11) is 0. The first kappa shape index (κ1) is 40.4. The molecular weight excluding hydrogens is 900 g/mol. The molecule has 0 N–H and O–H groups in total. The van der Waals surface area contributed by atoms with Crippen molar-refractivity contribution in [3.8, 4) is 0 Å². The topological polar surface area (TPSA) is 51.6 Å². The lowest BCUT2D eigenvalue weighted by atomic mass is 9.88. The molecule has 5 aromatic carbocycles. The van der Waals surface area contributed by atoms with E-state index in [1.54, 1.807) is 0 Å². The number of benzene rings is 5. The van der Waals surface area contributed by atoms with Crippen LogP contribution in [0.1, 0.15) is 11.6 Å². The van der Waals surface area contributed by atoms with E-state index in [-0.39, 0.29) is 32.3 Å². The fourth-order valence-electron chi connectivity index (χ4n) is 6.15. The number of fused-ring (bicyclic) bond motifs is 2. The maximum atomic E-state index is 15.1. The van der Waals surface area contributed by atoms with Gasteiger partial charge in [-0.25, -0.2) is 19.9 Å². The summed E-state index contributed by atoms with van der Waals surface area (Å²) in [6.45, 7) is 0.